The van der Waals surface area contributed by atoms with Crippen molar-refractivity contribution in [3.8, 4) is 0 Å². The Morgan fingerprint density at radius 1 is 1.10 bits per heavy atom. The van der Waals surface area contributed by atoms with Crippen LogP contribution in [0.5, 0.6) is 0 Å². The van der Waals surface area contributed by atoms with E-state index in [1.165, 1.54) is 0 Å². The molecule has 1 rings (SSSR count). The first-order valence-electron chi connectivity index (χ1n) is 7.80. The summed E-state index contributed by atoms with van der Waals surface area (Å²) in [5, 5.41) is -0.347. The van der Waals surface area contributed by atoms with Crippen LogP contribution in [0.25, 0.3) is 0 Å². The normalized spacial score (nSPS) is 25.6. The van der Waals surface area contributed by atoms with Gasteiger partial charge in [-0.25, -0.2) is 8.42 Å². The number of hydrogen-bond acceptors (Lipinski definition) is 4. The molecule has 1 unspecified atom stereocenters. The van der Waals surface area contributed by atoms with E-state index in [1.54, 1.807) is 14.2 Å². The number of sulfone groups is 1. The lowest BCUT2D eigenvalue weighted by Gasteiger charge is -2.30. The maximum Gasteiger partial charge on any atom is 0.156 e. The number of rotatable bonds is 9. The van der Waals surface area contributed by atoms with Crippen molar-refractivity contribution in [1.82, 2.24) is 0 Å². The van der Waals surface area contributed by atoms with E-state index >= 15 is 0 Å². The van der Waals surface area contributed by atoms with Crippen molar-refractivity contribution in [3.63, 3.8) is 0 Å². The van der Waals surface area contributed by atoms with Crippen molar-refractivity contribution in [2.45, 2.75) is 74.9 Å². The lowest BCUT2D eigenvalue weighted by atomic mass is 9.97. The van der Waals surface area contributed by atoms with Gasteiger partial charge in [0.05, 0.1) is 16.6 Å². The third kappa shape index (κ3) is 5.01. The van der Waals surface area contributed by atoms with E-state index in [-0.39, 0.29) is 16.6 Å². The van der Waals surface area contributed by atoms with Crippen molar-refractivity contribution in [3.05, 3.63) is 0 Å². The minimum absolute atomic E-state index is 0.159. The molecule has 0 aromatic rings. The summed E-state index contributed by atoms with van der Waals surface area (Å²) >= 11 is 0. The van der Waals surface area contributed by atoms with Crippen molar-refractivity contribution in [2.75, 3.05) is 20.8 Å². The molecule has 4 nitrogen and oxygen atoms in total. The molecule has 0 bridgehead atoms. The predicted octanol–water partition coefficient (Wildman–Crippen LogP) is 2.95. The fourth-order valence-electron chi connectivity index (χ4n) is 3.12. The topological polar surface area (TPSA) is 52.6 Å². The second-order valence-corrected chi connectivity index (χ2v) is 8.28. The molecule has 20 heavy (non-hydrogen) atoms. The Balaban J connectivity index is 2.62. The van der Waals surface area contributed by atoms with Gasteiger partial charge in [0.15, 0.2) is 9.84 Å². The van der Waals surface area contributed by atoms with E-state index in [0.717, 1.165) is 51.4 Å². The van der Waals surface area contributed by atoms with Gasteiger partial charge < -0.3 is 9.47 Å². The minimum atomic E-state index is -3.01. The van der Waals surface area contributed by atoms with Crippen LogP contribution in [0.15, 0.2) is 0 Å². The van der Waals surface area contributed by atoms with E-state index in [9.17, 15) is 8.42 Å². The van der Waals surface area contributed by atoms with Crippen molar-refractivity contribution >= 4 is 9.84 Å². The summed E-state index contributed by atoms with van der Waals surface area (Å²) in [6.45, 7) is 2.70. The van der Waals surface area contributed by atoms with Crippen LogP contribution in [0.4, 0.5) is 0 Å². The van der Waals surface area contributed by atoms with Crippen LogP contribution in [0.3, 0.4) is 0 Å². The molecular weight excluding hydrogens is 276 g/mol. The molecule has 0 aromatic carbocycles. The Bertz CT molecular complexity index is 345. The fourth-order valence-corrected chi connectivity index (χ4v) is 5.65. The zero-order valence-electron chi connectivity index (χ0n) is 13.1. The molecule has 0 amide bonds. The third-order valence-electron chi connectivity index (χ3n) is 4.37. The second-order valence-electron chi connectivity index (χ2n) is 5.77. The first-order chi connectivity index (χ1) is 9.56. The van der Waals surface area contributed by atoms with Crippen molar-refractivity contribution < 1.29 is 17.9 Å². The van der Waals surface area contributed by atoms with E-state index < -0.39 is 9.84 Å². The lowest BCUT2D eigenvalue weighted by molar-refractivity contribution is 0.0716. The van der Waals surface area contributed by atoms with Gasteiger partial charge in [-0.3, -0.25) is 0 Å². The zero-order valence-corrected chi connectivity index (χ0v) is 14.0. The Hall–Kier alpha value is -0.130. The molecule has 0 aliphatic heterocycles. The van der Waals surface area contributed by atoms with Gasteiger partial charge >= 0.3 is 0 Å². The summed E-state index contributed by atoms with van der Waals surface area (Å²) in [6, 6.07) is 0. The van der Waals surface area contributed by atoms with Crippen LogP contribution in [-0.2, 0) is 19.3 Å². The Morgan fingerprint density at radius 3 is 2.25 bits per heavy atom. The van der Waals surface area contributed by atoms with E-state index in [0.29, 0.717) is 6.61 Å². The lowest BCUT2D eigenvalue weighted by Crippen LogP contribution is -2.36. The zero-order chi connectivity index (χ0) is 15.0. The van der Waals surface area contributed by atoms with E-state index in [1.807, 2.05) is 0 Å². The van der Waals surface area contributed by atoms with Gasteiger partial charge in [-0.15, -0.1) is 0 Å². The Labute approximate surface area is 124 Å². The maximum atomic E-state index is 12.8. The number of hydrogen-bond donors (Lipinski definition) is 0. The van der Waals surface area contributed by atoms with E-state index in [4.69, 9.17) is 9.47 Å². The molecule has 1 aliphatic rings. The molecule has 1 fully saturated rings. The highest BCUT2D eigenvalue weighted by atomic mass is 32.2. The highest BCUT2D eigenvalue weighted by molar-refractivity contribution is 7.92. The molecule has 0 saturated heterocycles. The average molecular weight is 306 g/mol. The van der Waals surface area contributed by atoms with Gasteiger partial charge in [-0.05, 0) is 44.9 Å². The largest absolute Gasteiger partial charge is 0.385 e. The SMILES string of the molecule is CCCC(CCCOC)S(=O)(=O)C1CCC(OC)CC1. The van der Waals surface area contributed by atoms with E-state index in [2.05, 4.69) is 6.92 Å². The first-order valence-corrected chi connectivity index (χ1v) is 9.41. The van der Waals surface area contributed by atoms with Gasteiger partial charge in [0.2, 0.25) is 0 Å². The van der Waals surface area contributed by atoms with Crippen LogP contribution >= 0.6 is 0 Å². The van der Waals surface area contributed by atoms with Crippen LogP contribution in [0.1, 0.15) is 58.3 Å². The van der Waals surface area contributed by atoms with Crippen LogP contribution in [0, 0.1) is 0 Å². The van der Waals surface area contributed by atoms with Gasteiger partial charge in [0.25, 0.3) is 0 Å². The monoisotopic (exact) mass is 306 g/mol. The minimum Gasteiger partial charge on any atom is -0.385 e. The van der Waals surface area contributed by atoms with Gasteiger partial charge in [0, 0.05) is 20.8 Å². The van der Waals surface area contributed by atoms with Crippen molar-refractivity contribution in [2.24, 2.45) is 0 Å². The summed E-state index contributed by atoms with van der Waals surface area (Å²) in [4.78, 5) is 0. The Morgan fingerprint density at radius 2 is 1.75 bits per heavy atom. The van der Waals surface area contributed by atoms with Crippen LogP contribution in [0.2, 0.25) is 0 Å². The van der Waals surface area contributed by atoms with Crippen LogP contribution < -0.4 is 0 Å². The molecule has 120 valence electrons. The molecule has 0 radical (unpaired) electrons. The quantitative estimate of drug-likeness (QED) is 0.615. The first kappa shape index (κ1) is 17.9. The summed E-state index contributed by atoms with van der Waals surface area (Å²) in [5.74, 6) is 0. The maximum absolute atomic E-state index is 12.8. The predicted molar refractivity (Wildman–Crippen MR) is 81.8 cm³/mol. The molecule has 0 N–H and O–H groups in total. The standard InChI is InChI=1S/C15H30O4S/c1-4-6-14(7-5-12-18-2)20(16,17)15-10-8-13(19-3)9-11-15/h13-15H,4-12H2,1-3H3. The number of ether oxygens (including phenoxy) is 2. The highest BCUT2D eigenvalue weighted by Gasteiger charge is 2.35. The molecule has 5 heteroatoms. The number of methoxy groups -OCH3 is 2. The summed E-state index contributed by atoms with van der Waals surface area (Å²) in [5.41, 5.74) is 0. The van der Waals surface area contributed by atoms with Crippen LogP contribution in [-0.4, -0.2) is 45.8 Å². The molecule has 0 spiro atoms. The summed E-state index contributed by atoms with van der Waals surface area (Å²) in [7, 11) is 0.365. The summed E-state index contributed by atoms with van der Waals surface area (Å²) in [6.07, 6.45) is 6.76. The molecule has 1 atom stereocenters. The molecule has 1 aliphatic carbocycles. The second kappa shape index (κ2) is 9.00. The molecule has 0 aromatic heterocycles. The molecule has 1 saturated carbocycles. The Kier molecular flexibility index (Phi) is 8.07. The van der Waals surface area contributed by atoms with Crippen molar-refractivity contribution in [1.29, 1.82) is 0 Å². The fraction of sp³-hybridized carbons (Fsp3) is 1.00. The van der Waals surface area contributed by atoms with Gasteiger partial charge in [-0.2, -0.15) is 0 Å². The summed E-state index contributed by atoms with van der Waals surface area (Å²) < 4.78 is 35.9. The molecular formula is C15H30O4S. The van der Waals surface area contributed by atoms with Gasteiger partial charge in [0.1, 0.15) is 0 Å². The molecule has 0 heterocycles. The smallest absolute Gasteiger partial charge is 0.156 e. The third-order valence-corrected chi connectivity index (χ3v) is 7.17. The highest BCUT2D eigenvalue weighted by Crippen LogP contribution is 2.30. The average Bonchev–Trinajstić information content (AvgIpc) is 2.46. The van der Waals surface area contributed by atoms with Gasteiger partial charge in [-0.1, -0.05) is 13.3 Å².